The van der Waals surface area contributed by atoms with Gasteiger partial charge in [0.05, 0.1) is 10.2 Å². The van der Waals surface area contributed by atoms with Crippen molar-refractivity contribution < 1.29 is 0 Å². The van der Waals surface area contributed by atoms with Gasteiger partial charge < -0.3 is 0 Å². The summed E-state index contributed by atoms with van der Waals surface area (Å²) in [4.78, 5) is 8.78. The van der Waals surface area contributed by atoms with Crippen molar-refractivity contribution in [2.45, 2.75) is 6.92 Å². The smallest absolute Gasteiger partial charge is 0.234 e. The van der Waals surface area contributed by atoms with Crippen molar-refractivity contribution in [3.8, 4) is 11.3 Å². The Kier molecular flexibility index (Phi) is 2.44. The number of aromatic nitrogens is 3. The topological polar surface area (TPSA) is 30.2 Å². The highest BCUT2D eigenvalue weighted by Gasteiger charge is 2.07. The number of hydrogen-bond acceptors (Lipinski definition) is 2. The van der Waals surface area contributed by atoms with E-state index in [-0.39, 0.29) is 0 Å². The molecule has 84 valence electrons. The van der Waals surface area contributed by atoms with Crippen molar-refractivity contribution in [1.82, 2.24) is 14.4 Å². The molecule has 0 radical (unpaired) electrons. The van der Waals surface area contributed by atoms with E-state index < -0.39 is 0 Å². The van der Waals surface area contributed by atoms with Gasteiger partial charge in [0.25, 0.3) is 0 Å². The molecule has 3 nitrogen and oxygen atoms in total. The molecule has 0 amide bonds. The molecule has 2 heterocycles. The van der Waals surface area contributed by atoms with Crippen LogP contribution >= 0.6 is 15.9 Å². The van der Waals surface area contributed by atoms with E-state index in [9.17, 15) is 0 Å². The Morgan fingerprint density at radius 2 is 2.00 bits per heavy atom. The van der Waals surface area contributed by atoms with Crippen LogP contribution in [0.4, 0.5) is 0 Å². The number of rotatable bonds is 1. The molecule has 17 heavy (non-hydrogen) atoms. The molecule has 0 aliphatic heterocycles. The zero-order valence-electron chi connectivity index (χ0n) is 9.26. The minimum atomic E-state index is 0.714. The quantitative estimate of drug-likeness (QED) is 0.686. The SMILES string of the molecule is Cc1ccccc1-c1cn2cc(Br)cnc2n1. The fourth-order valence-corrected chi connectivity index (χ4v) is 2.17. The summed E-state index contributed by atoms with van der Waals surface area (Å²) >= 11 is 3.40. The van der Waals surface area contributed by atoms with Crippen molar-refractivity contribution in [2.24, 2.45) is 0 Å². The zero-order chi connectivity index (χ0) is 11.8. The van der Waals surface area contributed by atoms with Crippen molar-refractivity contribution in [3.05, 3.63) is 52.9 Å². The Hall–Kier alpha value is -1.68. The Bertz CT molecular complexity index is 688. The summed E-state index contributed by atoms with van der Waals surface area (Å²) in [5.74, 6) is 0.714. The molecule has 0 atom stereocenters. The van der Waals surface area contributed by atoms with E-state index >= 15 is 0 Å². The fraction of sp³-hybridized carbons (Fsp3) is 0.0769. The van der Waals surface area contributed by atoms with E-state index in [1.54, 1.807) is 6.20 Å². The zero-order valence-corrected chi connectivity index (χ0v) is 10.8. The number of imidazole rings is 1. The molecule has 2 aromatic heterocycles. The molecule has 0 saturated heterocycles. The first kappa shape index (κ1) is 10.5. The maximum Gasteiger partial charge on any atom is 0.234 e. The van der Waals surface area contributed by atoms with Crippen LogP contribution in [-0.4, -0.2) is 14.4 Å². The first-order valence-electron chi connectivity index (χ1n) is 5.30. The summed E-state index contributed by atoms with van der Waals surface area (Å²) in [5.41, 5.74) is 3.32. The second-order valence-electron chi connectivity index (χ2n) is 3.92. The van der Waals surface area contributed by atoms with Crippen LogP contribution in [0.3, 0.4) is 0 Å². The summed E-state index contributed by atoms with van der Waals surface area (Å²) in [6.07, 6.45) is 5.70. The number of aryl methyl sites for hydroxylation is 1. The minimum Gasteiger partial charge on any atom is -0.289 e. The molecule has 0 aliphatic rings. The number of halogens is 1. The predicted octanol–water partition coefficient (Wildman–Crippen LogP) is 3.47. The fourth-order valence-electron chi connectivity index (χ4n) is 1.85. The van der Waals surface area contributed by atoms with E-state index in [0.29, 0.717) is 5.78 Å². The summed E-state index contributed by atoms with van der Waals surface area (Å²) in [5, 5.41) is 0. The molecule has 0 saturated carbocycles. The average molecular weight is 288 g/mol. The van der Waals surface area contributed by atoms with Crippen molar-refractivity contribution >= 4 is 21.7 Å². The van der Waals surface area contributed by atoms with Crippen LogP contribution in [0.2, 0.25) is 0 Å². The lowest BCUT2D eigenvalue weighted by atomic mass is 10.1. The van der Waals surface area contributed by atoms with Crippen LogP contribution in [-0.2, 0) is 0 Å². The van der Waals surface area contributed by atoms with Crippen LogP contribution in [0.15, 0.2) is 47.3 Å². The van der Waals surface area contributed by atoms with Gasteiger partial charge in [0.1, 0.15) is 0 Å². The van der Waals surface area contributed by atoms with Gasteiger partial charge in [-0.15, -0.1) is 0 Å². The molecule has 0 spiro atoms. The predicted molar refractivity (Wildman–Crippen MR) is 70.9 cm³/mol. The van der Waals surface area contributed by atoms with Crippen molar-refractivity contribution in [2.75, 3.05) is 0 Å². The minimum absolute atomic E-state index is 0.714. The third kappa shape index (κ3) is 1.85. The van der Waals surface area contributed by atoms with Crippen LogP contribution in [0, 0.1) is 6.92 Å². The molecule has 0 bridgehead atoms. The first-order chi connectivity index (χ1) is 8.24. The van der Waals surface area contributed by atoms with Gasteiger partial charge in [-0.3, -0.25) is 4.40 Å². The Labute approximate surface area is 107 Å². The number of nitrogens with zero attached hydrogens (tertiary/aromatic N) is 3. The van der Waals surface area contributed by atoms with Crippen molar-refractivity contribution in [3.63, 3.8) is 0 Å². The van der Waals surface area contributed by atoms with E-state index in [0.717, 1.165) is 15.7 Å². The normalized spacial score (nSPS) is 10.9. The third-order valence-corrected chi connectivity index (χ3v) is 3.11. The summed E-state index contributed by atoms with van der Waals surface area (Å²) in [6, 6.07) is 8.22. The van der Waals surface area contributed by atoms with Crippen LogP contribution < -0.4 is 0 Å². The maximum atomic E-state index is 4.52. The monoisotopic (exact) mass is 287 g/mol. The highest BCUT2D eigenvalue weighted by Crippen LogP contribution is 2.22. The largest absolute Gasteiger partial charge is 0.289 e. The van der Waals surface area contributed by atoms with E-state index in [4.69, 9.17) is 0 Å². The lowest BCUT2D eigenvalue weighted by molar-refractivity contribution is 1.10. The maximum absolute atomic E-state index is 4.52. The van der Waals surface area contributed by atoms with Crippen LogP contribution in [0.1, 0.15) is 5.56 Å². The van der Waals surface area contributed by atoms with Gasteiger partial charge in [0.15, 0.2) is 0 Å². The molecule has 1 aromatic carbocycles. The highest BCUT2D eigenvalue weighted by atomic mass is 79.9. The van der Waals surface area contributed by atoms with Crippen molar-refractivity contribution in [1.29, 1.82) is 0 Å². The summed E-state index contributed by atoms with van der Waals surface area (Å²) in [7, 11) is 0. The van der Waals surface area contributed by atoms with Gasteiger partial charge in [-0.2, -0.15) is 0 Å². The average Bonchev–Trinajstić information content (AvgIpc) is 2.72. The van der Waals surface area contributed by atoms with Gasteiger partial charge in [-0.05, 0) is 28.4 Å². The molecule has 4 heteroatoms. The summed E-state index contributed by atoms with van der Waals surface area (Å²) < 4.78 is 2.87. The van der Waals surface area contributed by atoms with Gasteiger partial charge in [0, 0.05) is 24.2 Å². The van der Waals surface area contributed by atoms with Gasteiger partial charge in [-0.1, -0.05) is 24.3 Å². The highest BCUT2D eigenvalue weighted by molar-refractivity contribution is 9.10. The molecular formula is C13H10BrN3. The Morgan fingerprint density at radius 3 is 2.82 bits per heavy atom. The molecule has 0 aliphatic carbocycles. The molecule has 0 unspecified atom stereocenters. The summed E-state index contributed by atoms with van der Waals surface area (Å²) in [6.45, 7) is 2.09. The molecule has 0 N–H and O–H groups in total. The first-order valence-corrected chi connectivity index (χ1v) is 6.09. The number of hydrogen-bond donors (Lipinski definition) is 0. The standard InChI is InChI=1S/C13H10BrN3/c1-9-4-2-3-5-11(9)12-8-17-7-10(14)6-15-13(17)16-12/h2-8H,1H3. The second-order valence-corrected chi connectivity index (χ2v) is 4.84. The second kappa shape index (κ2) is 3.96. The molecule has 3 aromatic rings. The number of fused-ring (bicyclic) bond motifs is 1. The Morgan fingerprint density at radius 1 is 1.18 bits per heavy atom. The number of benzene rings is 1. The van der Waals surface area contributed by atoms with E-state index in [2.05, 4.69) is 45.0 Å². The van der Waals surface area contributed by atoms with Gasteiger partial charge in [0.2, 0.25) is 5.78 Å². The van der Waals surface area contributed by atoms with E-state index in [1.807, 2.05) is 28.9 Å². The molecule has 0 fully saturated rings. The Balaban J connectivity index is 2.22. The lowest BCUT2D eigenvalue weighted by Gasteiger charge is -1.99. The molecule has 3 rings (SSSR count). The van der Waals surface area contributed by atoms with E-state index in [1.165, 1.54) is 5.56 Å². The third-order valence-electron chi connectivity index (χ3n) is 2.70. The van der Waals surface area contributed by atoms with Crippen LogP contribution in [0.25, 0.3) is 17.0 Å². The van der Waals surface area contributed by atoms with Gasteiger partial charge >= 0.3 is 0 Å². The van der Waals surface area contributed by atoms with Crippen LogP contribution in [0.5, 0.6) is 0 Å². The molecular weight excluding hydrogens is 278 g/mol. The lowest BCUT2D eigenvalue weighted by Crippen LogP contribution is -1.85. The van der Waals surface area contributed by atoms with Gasteiger partial charge in [-0.25, -0.2) is 9.97 Å².